The fourth-order valence-corrected chi connectivity index (χ4v) is 2.12. The van der Waals surface area contributed by atoms with Gasteiger partial charge in [0.25, 0.3) is 0 Å². The van der Waals surface area contributed by atoms with Crippen molar-refractivity contribution in [1.82, 2.24) is 9.88 Å². The van der Waals surface area contributed by atoms with Crippen LogP contribution in [0, 0.1) is 11.8 Å². The van der Waals surface area contributed by atoms with Gasteiger partial charge >= 0.3 is 0 Å². The van der Waals surface area contributed by atoms with Crippen LogP contribution in [0.25, 0.3) is 12.2 Å². The van der Waals surface area contributed by atoms with Gasteiger partial charge in [-0.1, -0.05) is 50.0 Å². The second kappa shape index (κ2) is 10.3. The highest BCUT2D eigenvalue weighted by Crippen LogP contribution is 2.14. The molecule has 0 amide bonds. The SMILES string of the molecule is CCN(CC)CC#CCOc1ccc(C=Cc2ccccn2)cc1. The van der Waals surface area contributed by atoms with Gasteiger partial charge in [0.1, 0.15) is 12.4 Å². The van der Waals surface area contributed by atoms with Gasteiger partial charge in [0, 0.05) is 6.20 Å². The molecule has 2 aromatic rings. The third-order valence-electron chi connectivity index (χ3n) is 3.65. The lowest BCUT2D eigenvalue weighted by Gasteiger charge is -2.13. The molecule has 0 saturated heterocycles. The van der Waals surface area contributed by atoms with Crippen molar-refractivity contribution in [2.24, 2.45) is 0 Å². The molecule has 0 radical (unpaired) electrons. The number of benzene rings is 1. The Bertz CT molecular complexity index is 677. The predicted molar refractivity (Wildman–Crippen MR) is 101 cm³/mol. The summed E-state index contributed by atoms with van der Waals surface area (Å²) in [4.78, 5) is 6.54. The third kappa shape index (κ3) is 6.28. The van der Waals surface area contributed by atoms with Crippen molar-refractivity contribution in [3.05, 3.63) is 59.9 Å². The molecule has 0 aliphatic rings. The molecule has 0 aliphatic heterocycles. The van der Waals surface area contributed by atoms with Gasteiger partial charge in [-0.25, -0.2) is 0 Å². The number of hydrogen-bond donors (Lipinski definition) is 0. The topological polar surface area (TPSA) is 25.4 Å². The molecule has 0 bridgehead atoms. The summed E-state index contributed by atoms with van der Waals surface area (Å²) in [6, 6.07) is 13.8. The Labute approximate surface area is 145 Å². The van der Waals surface area contributed by atoms with Crippen molar-refractivity contribution in [2.45, 2.75) is 13.8 Å². The second-order valence-corrected chi connectivity index (χ2v) is 5.26. The van der Waals surface area contributed by atoms with E-state index in [2.05, 4.69) is 35.6 Å². The zero-order chi connectivity index (χ0) is 17.0. The normalized spacial score (nSPS) is 10.6. The largest absolute Gasteiger partial charge is 0.481 e. The molecule has 0 N–H and O–H groups in total. The summed E-state index contributed by atoms with van der Waals surface area (Å²) in [6.07, 6.45) is 5.82. The maximum atomic E-state index is 5.64. The van der Waals surface area contributed by atoms with E-state index in [0.717, 1.165) is 36.6 Å². The monoisotopic (exact) mass is 320 g/mol. The lowest BCUT2D eigenvalue weighted by Crippen LogP contribution is -2.22. The van der Waals surface area contributed by atoms with Crippen molar-refractivity contribution in [1.29, 1.82) is 0 Å². The van der Waals surface area contributed by atoms with E-state index in [-0.39, 0.29) is 0 Å². The van der Waals surface area contributed by atoms with E-state index in [1.807, 2.05) is 54.6 Å². The Kier molecular flexibility index (Phi) is 7.59. The van der Waals surface area contributed by atoms with E-state index in [0.29, 0.717) is 6.61 Å². The summed E-state index contributed by atoms with van der Waals surface area (Å²) in [6.45, 7) is 7.56. The highest BCUT2D eigenvalue weighted by molar-refractivity contribution is 5.68. The van der Waals surface area contributed by atoms with Gasteiger partial charge in [-0.15, -0.1) is 0 Å². The highest BCUT2D eigenvalue weighted by Gasteiger charge is 1.94. The van der Waals surface area contributed by atoms with Crippen LogP contribution < -0.4 is 4.74 Å². The van der Waals surface area contributed by atoms with Crippen LogP contribution in [0.5, 0.6) is 5.75 Å². The first-order chi connectivity index (χ1) is 11.8. The van der Waals surface area contributed by atoms with Crippen molar-refractivity contribution < 1.29 is 4.74 Å². The third-order valence-corrected chi connectivity index (χ3v) is 3.65. The predicted octanol–water partition coefficient (Wildman–Crippen LogP) is 3.98. The standard InChI is InChI=1S/C21H24N2O/c1-3-23(4-2)17-7-8-18-24-21-14-11-19(12-15-21)10-13-20-9-5-6-16-22-20/h5-6,9-16H,3-4,17-18H2,1-2H3. The van der Waals surface area contributed by atoms with Crippen LogP contribution in [-0.4, -0.2) is 36.1 Å². The summed E-state index contributed by atoms with van der Waals surface area (Å²) in [7, 11) is 0. The van der Waals surface area contributed by atoms with E-state index >= 15 is 0 Å². The minimum absolute atomic E-state index is 0.421. The molecule has 0 atom stereocenters. The number of pyridine rings is 1. The fraction of sp³-hybridized carbons (Fsp3) is 0.286. The van der Waals surface area contributed by atoms with Crippen LogP contribution in [0.4, 0.5) is 0 Å². The minimum Gasteiger partial charge on any atom is -0.481 e. The maximum absolute atomic E-state index is 5.64. The van der Waals surface area contributed by atoms with Gasteiger partial charge in [0.05, 0.1) is 12.2 Å². The van der Waals surface area contributed by atoms with E-state index < -0.39 is 0 Å². The first kappa shape index (κ1) is 17.8. The van der Waals surface area contributed by atoms with Crippen LogP contribution >= 0.6 is 0 Å². The number of rotatable bonds is 7. The average molecular weight is 320 g/mol. The Morgan fingerprint density at radius 1 is 1.00 bits per heavy atom. The van der Waals surface area contributed by atoms with E-state index in [4.69, 9.17) is 4.74 Å². The van der Waals surface area contributed by atoms with Gasteiger partial charge < -0.3 is 4.74 Å². The molecule has 1 heterocycles. The van der Waals surface area contributed by atoms with Crippen LogP contribution in [0.3, 0.4) is 0 Å². The lowest BCUT2D eigenvalue weighted by atomic mass is 10.2. The Balaban J connectivity index is 1.80. The molecule has 0 unspecified atom stereocenters. The van der Waals surface area contributed by atoms with Crippen molar-refractivity contribution in [3.63, 3.8) is 0 Å². The Hall–Kier alpha value is -2.57. The lowest BCUT2D eigenvalue weighted by molar-refractivity contribution is 0.341. The number of ether oxygens (including phenoxy) is 1. The van der Waals surface area contributed by atoms with Gasteiger partial charge in [-0.05, 0) is 49.0 Å². The summed E-state index contributed by atoms with van der Waals surface area (Å²) >= 11 is 0. The molecular formula is C21H24N2O. The number of nitrogens with zero attached hydrogens (tertiary/aromatic N) is 2. The molecule has 0 spiro atoms. The van der Waals surface area contributed by atoms with Crippen LogP contribution in [0.15, 0.2) is 48.7 Å². The molecule has 3 nitrogen and oxygen atoms in total. The van der Waals surface area contributed by atoms with Crippen LogP contribution in [0.1, 0.15) is 25.1 Å². The van der Waals surface area contributed by atoms with E-state index in [1.165, 1.54) is 0 Å². The molecule has 0 saturated carbocycles. The zero-order valence-corrected chi connectivity index (χ0v) is 14.4. The minimum atomic E-state index is 0.421. The molecule has 24 heavy (non-hydrogen) atoms. The van der Waals surface area contributed by atoms with Crippen LogP contribution in [0.2, 0.25) is 0 Å². The number of hydrogen-bond acceptors (Lipinski definition) is 3. The first-order valence-electron chi connectivity index (χ1n) is 8.32. The van der Waals surface area contributed by atoms with Gasteiger partial charge in [-0.2, -0.15) is 0 Å². The quantitative estimate of drug-likeness (QED) is 0.722. The average Bonchev–Trinajstić information content (AvgIpc) is 2.65. The molecule has 2 rings (SSSR count). The molecule has 0 aliphatic carbocycles. The molecule has 0 fully saturated rings. The summed E-state index contributed by atoms with van der Waals surface area (Å²) in [5, 5.41) is 0. The van der Waals surface area contributed by atoms with E-state index in [9.17, 15) is 0 Å². The fourth-order valence-electron chi connectivity index (χ4n) is 2.12. The molecule has 1 aromatic carbocycles. The summed E-state index contributed by atoms with van der Waals surface area (Å²) in [5.41, 5.74) is 2.06. The maximum Gasteiger partial charge on any atom is 0.149 e. The van der Waals surface area contributed by atoms with Crippen molar-refractivity contribution >= 4 is 12.2 Å². The van der Waals surface area contributed by atoms with Crippen molar-refractivity contribution in [3.8, 4) is 17.6 Å². The second-order valence-electron chi connectivity index (χ2n) is 5.26. The summed E-state index contributed by atoms with van der Waals surface area (Å²) < 4.78 is 5.64. The molecule has 124 valence electrons. The summed E-state index contributed by atoms with van der Waals surface area (Å²) in [5.74, 6) is 7.03. The Morgan fingerprint density at radius 3 is 2.46 bits per heavy atom. The molecular weight excluding hydrogens is 296 g/mol. The molecule has 1 aromatic heterocycles. The highest BCUT2D eigenvalue weighted by atomic mass is 16.5. The number of aromatic nitrogens is 1. The van der Waals surface area contributed by atoms with Gasteiger partial charge in [0.15, 0.2) is 0 Å². The van der Waals surface area contributed by atoms with Gasteiger partial charge in [0.2, 0.25) is 0 Å². The van der Waals surface area contributed by atoms with Crippen LogP contribution in [-0.2, 0) is 0 Å². The zero-order valence-electron chi connectivity index (χ0n) is 14.4. The van der Waals surface area contributed by atoms with Gasteiger partial charge in [-0.3, -0.25) is 9.88 Å². The Morgan fingerprint density at radius 2 is 1.79 bits per heavy atom. The van der Waals surface area contributed by atoms with E-state index in [1.54, 1.807) is 6.20 Å². The molecule has 3 heteroatoms. The smallest absolute Gasteiger partial charge is 0.149 e. The first-order valence-corrected chi connectivity index (χ1v) is 8.32. The van der Waals surface area contributed by atoms with Crippen molar-refractivity contribution in [2.75, 3.05) is 26.2 Å².